The van der Waals surface area contributed by atoms with E-state index >= 15 is 0 Å². The molecule has 2 heterocycles. The Bertz CT molecular complexity index is 1190. The first-order valence-corrected chi connectivity index (χ1v) is 9.40. The fourth-order valence-corrected chi connectivity index (χ4v) is 3.20. The van der Waals surface area contributed by atoms with Crippen LogP contribution < -0.4 is 0 Å². The zero-order valence-corrected chi connectivity index (χ0v) is 15.6. The van der Waals surface area contributed by atoms with Gasteiger partial charge in [-0.1, -0.05) is 0 Å². The van der Waals surface area contributed by atoms with Crippen molar-refractivity contribution in [3.8, 4) is 17.4 Å². The highest BCUT2D eigenvalue weighted by Crippen LogP contribution is 2.29. The van der Waals surface area contributed by atoms with Gasteiger partial charge in [-0.3, -0.25) is 19.0 Å². The number of likely N-dealkylation sites (N-methyl/N-ethyl adjacent to an activating group) is 1. The van der Waals surface area contributed by atoms with Crippen molar-refractivity contribution in [2.24, 2.45) is 0 Å². The molecule has 2 amide bonds. The van der Waals surface area contributed by atoms with E-state index in [1.807, 2.05) is 6.07 Å². The zero-order valence-electron chi connectivity index (χ0n) is 14.8. The average molecular weight is 398 g/mol. The van der Waals surface area contributed by atoms with E-state index in [1.54, 1.807) is 12.1 Å². The minimum Gasteiger partial charge on any atom is -0.457 e. The maximum atomic E-state index is 12.4. The molecule has 0 saturated heterocycles. The summed E-state index contributed by atoms with van der Waals surface area (Å²) in [5.41, 5.74) is 0.887. The molecule has 0 saturated carbocycles. The Morgan fingerprint density at radius 2 is 1.75 bits per heavy atom. The highest BCUT2D eigenvalue weighted by Gasteiger charge is 2.33. The first-order valence-electron chi connectivity index (χ1n) is 7.96. The summed E-state index contributed by atoms with van der Waals surface area (Å²) in [5.74, 6) is -0.474. The van der Waals surface area contributed by atoms with E-state index < -0.39 is 21.9 Å². The summed E-state index contributed by atoms with van der Waals surface area (Å²) < 4.78 is 36.9. The lowest BCUT2D eigenvalue weighted by Gasteiger charge is -2.23. The number of hydrogen-bond acceptors (Lipinski definition) is 6. The van der Waals surface area contributed by atoms with Gasteiger partial charge in [-0.2, -0.15) is 13.7 Å². The first-order chi connectivity index (χ1) is 13.1. The monoisotopic (exact) mass is 398 g/mol. The summed E-state index contributed by atoms with van der Waals surface area (Å²) in [4.78, 5) is 25.0. The van der Waals surface area contributed by atoms with Crippen molar-refractivity contribution < 1.29 is 27.0 Å². The molecule has 2 aromatic rings. The largest absolute Gasteiger partial charge is 0.457 e. The normalized spacial score (nSPS) is 16.6. The van der Waals surface area contributed by atoms with E-state index in [-0.39, 0.29) is 21.6 Å². The van der Waals surface area contributed by atoms with Crippen LogP contribution in [0.2, 0.25) is 0 Å². The van der Waals surface area contributed by atoms with Gasteiger partial charge in [0.2, 0.25) is 0 Å². The predicted molar refractivity (Wildman–Crippen MR) is 98.0 cm³/mol. The molecule has 9 heteroatoms. The number of carbonyl (C=O) groups is 2. The summed E-state index contributed by atoms with van der Waals surface area (Å²) in [5, 5.41) is 9.17. The van der Waals surface area contributed by atoms with E-state index in [1.165, 1.54) is 44.3 Å². The van der Waals surface area contributed by atoms with E-state index in [4.69, 9.17) is 8.97 Å². The number of carbonyl (C=O) groups excluding carboxylic acids is 2. The third-order valence-electron chi connectivity index (χ3n) is 4.29. The molecule has 1 aliphatic rings. The highest BCUT2D eigenvalue weighted by molar-refractivity contribution is 7.85. The fourth-order valence-electron chi connectivity index (χ4n) is 2.72. The van der Waals surface area contributed by atoms with Crippen LogP contribution in [-0.4, -0.2) is 36.7 Å². The van der Waals surface area contributed by atoms with Gasteiger partial charge in [-0.15, -0.1) is 0 Å². The Balaban J connectivity index is 1.98. The Morgan fingerprint density at radius 1 is 1.11 bits per heavy atom. The lowest BCUT2D eigenvalue weighted by atomic mass is 9.95. The Morgan fingerprint density at radius 3 is 2.32 bits per heavy atom. The smallest absolute Gasteiger partial charge is 0.294 e. The van der Waals surface area contributed by atoms with Crippen LogP contribution in [0.3, 0.4) is 0 Å². The average Bonchev–Trinajstić information content (AvgIpc) is 3.12. The van der Waals surface area contributed by atoms with Gasteiger partial charge in [0.25, 0.3) is 21.9 Å². The van der Waals surface area contributed by atoms with Gasteiger partial charge in [-0.25, -0.2) is 0 Å². The predicted octanol–water partition coefficient (Wildman–Crippen LogP) is 2.42. The van der Waals surface area contributed by atoms with Crippen molar-refractivity contribution in [1.29, 1.82) is 5.26 Å². The minimum absolute atomic E-state index is 0.110. The number of imide groups is 1. The molecule has 0 bridgehead atoms. The Kier molecular flexibility index (Phi) is 4.77. The molecule has 1 aliphatic heterocycles. The minimum atomic E-state index is -4.29. The van der Waals surface area contributed by atoms with Gasteiger partial charge < -0.3 is 4.42 Å². The molecular formula is C19H14N2O6S. The number of benzene rings is 1. The van der Waals surface area contributed by atoms with E-state index in [0.29, 0.717) is 17.1 Å². The number of nitriles is 1. The topological polar surface area (TPSA) is 129 Å². The molecule has 142 valence electrons. The van der Waals surface area contributed by atoms with Crippen molar-refractivity contribution in [1.82, 2.24) is 4.90 Å². The summed E-state index contributed by atoms with van der Waals surface area (Å²) in [6.45, 7) is 1.52. The molecule has 0 atom stereocenters. The molecule has 3 rings (SSSR count). The van der Waals surface area contributed by atoms with Gasteiger partial charge >= 0.3 is 0 Å². The van der Waals surface area contributed by atoms with Crippen molar-refractivity contribution in [3.63, 3.8) is 0 Å². The van der Waals surface area contributed by atoms with Crippen LogP contribution in [0.5, 0.6) is 0 Å². The second kappa shape index (κ2) is 6.92. The zero-order chi connectivity index (χ0) is 20.6. The van der Waals surface area contributed by atoms with Gasteiger partial charge in [0.1, 0.15) is 23.2 Å². The second-order valence-corrected chi connectivity index (χ2v) is 7.46. The maximum Gasteiger partial charge on any atom is 0.294 e. The lowest BCUT2D eigenvalue weighted by molar-refractivity contribution is -0.138. The van der Waals surface area contributed by atoms with Crippen molar-refractivity contribution >= 4 is 28.0 Å². The molecule has 0 unspecified atom stereocenters. The van der Waals surface area contributed by atoms with Crippen LogP contribution in [0, 0.1) is 11.3 Å². The molecular weight excluding hydrogens is 384 g/mol. The van der Waals surface area contributed by atoms with Crippen molar-refractivity contribution in [2.45, 2.75) is 11.8 Å². The van der Waals surface area contributed by atoms with E-state index in [0.717, 1.165) is 4.90 Å². The Labute approximate surface area is 160 Å². The Hall–Kier alpha value is -3.48. The van der Waals surface area contributed by atoms with Gasteiger partial charge in [0.05, 0.1) is 4.90 Å². The molecule has 1 aromatic heterocycles. The quantitative estimate of drug-likeness (QED) is 0.477. The molecule has 1 aromatic carbocycles. The standard InChI is InChI=1S/C19H14N2O6S/c1-11-15(18(22)21(2)19(23)16(11)10-20)9-13-5-8-17(27-13)12-3-6-14(7-4-12)28(24,25)26/h3-9H,1-2H3,(H,24,25,26)/b15-9-. The number of amides is 2. The lowest BCUT2D eigenvalue weighted by Crippen LogP contribution is -2.39. The summed E-state index contributed by atoms with van der Waals surface area (Å²) >= 11 is 0. The molecule has 0 spiro atoms. The molecule has 0 aliphatic carbocycles. The summed E-state index contributed by atoms with van der Waals surface area (Å²) in [6, 6.07) is 10.5. The van der Waals surface area contributed by atoms with Crippen molar-refractivity contribution in [2.75, 3.05) is 7.05 Å². The van der Waals surface area contributed by atoms with Gasteiger partial charge in [-0.05, 0) is 55.0 Å². The van der Waals surface area contributed by atoms with E-state index in [9.17, 15) is 23.3 Å². The van der Waals surface area contributed by atoms with Gasteiger partial charge in [0.15, 0.2) is 0 Å². The second-order valence-electron chi connectivity index (χ2n) is 6.04. The summed E-state index contributed by atoms with van der Waals surface area (Å²) in [6.07, 6.45) is 1.44. The van der Waals surface area contributed by atoms with Crippen LogP contribution in [-0.2, 0) is 19.7 Å². The van der Waals surface area contributed by atoms with Crippen LogP contribution in [0.15, 0.2) is 62.4 Å². The molecule has 0 fully saturated rings. The molecule has 0 radical (unpaired) electrons. The summed E-state index contributed by atoms with van der Waals surface area (Å²) in [7, 11) is -2.99. The van der Waals surface area contributed by atoms with Crippen LogP contribution >= 0.6 is 0 Å². The van der Waals surface area contributed by atoms with E-state index in [2.05, 4.69) is 0 Å². The maximum absolute atomic E-state index is 12.4. The third-order valence-corrected chi connectivity index (χ3v) is 5.16. The first kappa shape index (κ1) is 19.3. The fraction of sp³-hybridized carbons (Fsp3) is 0.105. The SMILES string of the molecule is CC1=C(C#N)C(=O)N(C)C(=O)/C1=C\c1ccc(-c2ccc(S(=O)(=O)O)cc2)o1. The number of nitrogens with zero attached hydrogens (tertiary/aromatic N) is 2. The molecule has 8 nitrogen and oxygen atoms in total. The van der Waals surface area contributed by atoms with Crippen molar-refractivity contribution in [3.05, 3.63) is 58.9 Å². The number of rotatable bonds is 3. The van der Waals surface area contributed by atoms with Crippen LogP contribution in [0.1, 0.15) is 12.7 Å². The number of hydrogen-bond donors (Lipinski definition) is 1. The van der Waals surface area contributed by atoms with Gasteiger partial charge in [0, 0.05) is 18.2 Å². The third kappa shape index (κ3) is 3.38. The highest BCUT2D eigenvalue weighted by atomic mass is 32.2. The molecule has 1 N–H and O–H groups in total. The van der Waals surface area contributed by atoms with Crippen LogP contribution in [0.4, 0.5) is 0 Å². The molecule has 28 heavy (non-hydrogen) atoms. The number of furan rings is 1. The van der Waals surface area contributed by atoms with Crippen LogP contribution in [0.25, 0.3) is 17.4 Å².